The number of hydrogen-bond acceptors (Lipinski definition) is 3. The molecule has 1 saturated heterocycles. The first-order valence-electron chi connectivity index (χ1n) is 6.26. The lowest BCUT2D eigenvalue weighted by atomic mass is 9.96. The molecule has 0 aliphatic carbocycles. The van der Waals surface area contributed by atoms with Gasteiger partial charge in [-0.05, 0) is 39.4 Å². The predicted molar refractivity (Wildman–Crippen MR) is 66.4 cm³/mol. The van der Waals surface area contributed by atoms with Crippen LogP contribution in [0.2, 0.25) is 0 Å². The topological polar surface area (TPSA) is 35.6 Å². The van der Waals surface area contributed by atoms with Gasteiger partial charge in [-0.2, -0.15) is 0 Å². The van der Waals surface area contributed by atoms with Gasteiger partial charge >= 0.3 is 0 Å². The molecule has 1 amide bonds. The maximum atomic E-state index is 11.7. The number of amides is 1. The molecule has 0 radical (unpaired) electrons. The molecule has 1 aliphatic rings. The molecule has 0 aromatic rings. The van der Waals surface area contributed by atoms with Crippen LogP contribution < -0.4 is 5.32 Å². The summed E-state index contributed by atoms with van der Waals surface area (Å²) in [7, 11) is 4.23. The fourth-order valence-corrected chi connectivity index (χ4v) is 2.23. The number of hydrogen-bond donors (Lipinski definition) is 1. The summed E-state index contributed by atoms with van der Waals surface area (Å²) in [4.78, 5) is 16.0. The Bertz CT molecular complexity index is 210. The molecule has 4 heteroatoms. The van der Waals surface area contributed by atoms with Crippen molar-refractivity contribution < 1.29 is 4.79 Å². The van der Waals surface area contributed by atoms with E-state index in [2.05, 4.69) is 24.3 Å². The van der Waals surface area contributed by atoms with Gasteiger partial charge in [0.05, 0.1) is 6.54 Å². The molecule has 1 N–H and O–H groups in total. The monoisotopic (exact) mass is 227 g/mol. The zero-order valence-corrected chi connectivity index (χ0v) is 10.8. The first kappa shape index (κ1) is 13.5. The summed E-state index contributed by atoms with van der Waals surface area (Å²) >= 11 is 0. The largest absolute Gasteiger partial charge is 0.342 e. The Morgan fingerprint density at radius 2 is 2.00 bits per heavy atom. The Labute approximate surface area is 99.0 Å². The lowest BCUT2D eigenvalue weighted by molar-refractivity contribution is -0.131. The van der Waals surface area contributed by atoms with E-state index in [1.165, 1.54) is 0 Å². The molecule has 1 fully saturated rings. The third-order valence-corrected chi connectivity index (χ3v) is 3.12. The minimum absolute atomic E-state index is 0.255. The quantitative estimate of drug-likeness (QED) is 0.738. The van der Waals surface area contributed by atoms with Crippen LogP contribution in [0.5, 0.6) is 0 Å². The minimum Gasteiger partial charge on any atom is -0.342 e. The summed E-state index contributed by atoms with van der Waals surface area (Å²) in [6.07, 6.45) is 2.30. The first-order chi connectivity index (χ1) is 7.63. The number of piperidine rings is 1. The number of likely N-dealkylation sites (tertiary alicyclic amines) is 1. The molecule has 1 rings (SSSR count). The number of rotatable bonds is 5. The van der Waals surface area contributed by atoms with Crippen molar-refractivity contribution in [3.63, 3.8) is 0 Å². The fourth-order valence-electron chi connectivity index (χ4n) is 2.23. The summed E-state index contributed by atoms with van der Waals surface area (Å²) in [5, 5.41) is 3.09. The third kappa shape index (κ3) is 4.49. The third-order valence-electron chi connectivity index (χ3n) is 3.12. The van der Waals surface area contributed by atoms with E-state index < -0.39 is 0 Å². The van der Waals surface area contributed by atoms with Gasteiger partial charge in [0.15, 0.2) is 0 Å². The number of carbonyl (C=O) groups excluding carboxylic acids is 1. The van der Waals surface area contributed by atoms with E-state index >= 15 is 0 Å². The molecule has 94 valence electrons. The normalized spacial score (nSPS) is 18.1. The molecule has 0 spiro atoms. The van der Waals surface area contributed by atoms with Crippen molar-refractivity contribution in [1.82, 2.24) is 15.1 Å². The van der Waals surface area contributed by atoms with E-state index in [-0.39, 0.29) is 5.91 Å². The molecular formula is C12H25N3O. The van der Waals surface area contributed by atoms with Crippen molar-refractivity contribution in [1.29, 1.82) is 0 Å². The Morgan fingerprint density at radius 3 is 2.50 bits per heavy atom. The zero-order chi connectivity index (χ0) is 12.0. The Morgan fingerprint density at radius 1 is 1.38 bits per heavy atom. The highest BCUT2D eigenvalue weighted by atomic mass is 16.2. The molecule has 1 heterocycles. The van der Waals surface area contributed by atoms with Crippen LogP contribution in [0.1, 0.15) is 19.8 Å². The van der Waals surface area contributed by atoms with Crippen LogP contribution in [0, 0.1) is 5.92 Å². The van der Waals surface area contributed by atoms with Crippen LogP contribution in [0.3, 0.4) is 0 Å². The molecule has 1 aliphatic heterocycles. The Balaban J connectivity index is 2.23. The zero-order valence-electron chi connectivity index (χ0n) is 10.8. The number of likely N-dealkylation sites (N-methyl/N-ethyl adjacent to an activating group) is 1. The summed E-state index contributed by atoms with van der Waals surface area (Å²) < 4.78 is 0. The van der Waals surface area contributed by atoms with Gasteiger partial charge in [-0.3, -0.25) is 4.79 Å². The van der Waals surface area contributed by atoms with Crippen LogP contribution in [0.4, 0.5) is 0 Å². The number of nitrogens with zero attached hydrogens (tertiary/aromatic N) is 2. The lowest BCUT2D eigenvalue weighted by Gasteiger charge is -2.33. The van der Waals surface area contributed by atoms with Gasteiger partial charge in [0.25, 0.3) is 0 Å². The molecule has 0 bridgehead atoms. The maximum Gasteiger partial charge on any atom is 0.236 e. The second-order valence-electron chi connectivity index (χ2n) is 4.87. The molecule has 0 saturated carbocycles. The van der Waals surface area contributed by atoms with E-state index in [1.54, 1.807) is 0 Å². The van der Waals surface area contributed by atoms with Gasteiger partial charge in [-0.1, -0.05) is 6.92 Å². The van der Waals surface area contributed by atoms with Crippen molar-refractivity contribution in [2.45, 2.75) is 19.8 Å². The molecule has 4 nitrogen and oxygen atoms in total. The average Bonchev–Trinajstić information content (AvgIpc) is 2.26. The second kappa shape index (κ2) is 6.86. The average molecular weight is 227 g/mol. The molecule has 0 aromatic heterocycles. The van der Waals surface area contributed by atoms with Crippen molar-refractivity contribution in [2.24, 2.45) is 5.92 Å². The van der Waals surface area contributed by atoms with Gasteiger partial charge in [-0.25, -0.2) is 0 Å². The summed E-state index contributed by atoms with van der Waals surface area (Å²) in [5.41, 5.74) is 0. The van der Waals surface area contributed by atoms with Crippen molar-refractivity contribution in [3.05, 3.63) is 0 Å². The predicted octanol–water partition coefficient (Wildman–Crippen LogP) is 0.396. The number of carbonyl (C=O) groups is 1. The van der Waals surface area contributed by atoms with Gasteiger partial charge < -0.3 is 15.1 Å². The molecule has 16 heavy (non-hydrogen) atoms. The van der Waals surface area contributed by atoms with Crippen molar-refractivity contribution in [3.8, 4) is 0 Å². The summed E-state index contributed by atoms with van der Waals surface area (Å²) in [6.45, 7) is 6.40. The van der Waals surface area contributed by atoms with E-state index in [9.17, 15) is 4.79 Å². The second-order valence-corrected chi connectivity index (χ2v) is 4.87. The smallest absolute Gasteiger partial charge is 0.236 e. The highest BCUT2D eigenvalue weighted by Gasteiger charge is 2.22. The van der Waals surface area contributed by atoms with Crippen LogP contribution in [0.25, 0.3) is 0 Å². The highest BCUT2D eigenvalue weighted by molar-refractivity contribution is 5.78. The fraction of sp³-hybridized carbons (Fsp3) is 0.917. The van der Waals surface area contributed by atoms with Crippen LogP contribution in [0.15, 0.2) is 0 Å². The van der Waals surface area contributed by atoms with Crippen LogP contribution in [-0.2, 0) is 4.79 Å². The highest BCUT2D eigenvalue weighted by Crippen LogP contribution is 2.17. The van der Waals surface area contributed by atoms with E-state index in [1.807, 2.05) is 11.8 Å². The Kier molecular flexibility index (Phi) is 5.77. The number of nitrogens with one attached hydrogen (secondary N) is 1. The first-order valence-corrected chi connectivity index (χ1v) is 6.26. The van der Waals surface area contributed by atoms with E-state index in [0.29, 0.717) is 6.54 Å². The molecule has 0 unspecified atom stereocenters. The SMILES string of the molecule is CCNCC(=O)N1CCC(CN(C)C)CC1. The molecule has 0 atom stereocenters. The summed E-state index contributed by atoms with van der Waals surface area (Å²) in [6, 6.07) is 0. The van der Waals surface area contributed by atoms with Gasteiger partial charge in [0.2, 0.25) is 5.91 Å². The van der Waals surface area contributed by atoms with E-state index in [0.717, 1.165) is 44.9 Å². The molecular weight excluding hydrogens is 202 g/mol. The lowest BCUT2D eigenvalue weighted by Crippen LogP contribution is -2.44. The van der Waals surface area contributed by atoms with Crippen LogP contribution >= 0.6 is 0 Å². The van der Waals surface area contributed by atoms with Crippen LogP contribution in [-0.4, -0.2) is 62.5 Å². The van der Waals surface area contributed by atoms with Crippen molar-refractivity contribution in [2.75, 3.05) is 46.8 Å². The summed E-state index contributed by atoms with van der Waals surface area (Å²) in [5.74, 6) is 1.02. The van der Waals surface area contributed by atoms with Gasteiger partial charge in [0.1, 0.15) is 0 Å². The Hall–Kier alpha value is -0.610. The van der Waals surface area contributed by atoms with Crippen molar-refractivity contribution >= 4 is 5.91 Å². The maximum absolute atomic E-state index is 11.7. The van der Waals surface area contributed by atoms with Gasteiger partial charge in [0, 0.05) is 19.6 Å². The van der Waals surface area contributed by atoms with E-state index in [4.69, 9.17) is 0 Å². The van der Waals surface area contributed by atoms with Gasteiger partial charge in [-0.15, -0.1) is 0 Å². The molecule has 0 aromatic carbocycles. The minimum atomic E-state index is 0.255. The standard InChI is InChI=1S/C12H25N3O/c1-4-13-9-12(16)15-7-5-11(6-8-15)10-14(2)3/h11,13H,4-10H2,1-3H3.